The molecule has 10 heteroatoms. The standard InChI is InChI=1S/C12H16N6O2S2/c1-9-14-3-2-10(16-9)17-4-6-18(7-5-17)12-15-8-11(21-12)22(13,19)20/h2-3,8H,4-7H2,1H3,(H2,13,19,20). The Balaban J connectivity index is 1.68. The van der Waals surface area contributed by atoms with Gasteiger partial charge in [0.2, 0.25) is 10.0 Å². The molecule has 0 unspecified atom stereocenters. The number of hydrogen-bond acceptors (Lipinski definition) is 8. The molecule has 2 aromatic rings. The zero-order valence-electron chi connectivity index (χ0n) is 12.0. The van der Waals surface area contributed by atoms with Gasteiger partial charge in [-0.25, -0.2) is 28.5 Å². The van der Waals surface area contributed by atoms with E-state index in [4.69, 9.17) is 5.14 Å². The van der Waals surface area contributed by atoms with Crippen molar-refractivity contribution in [3.63, 3.8) is 0 Å². The van der Waals surface area contributed by atoms with E-state index < -0.39 is 10.0 Å². The van der Waals surface area contributed by atoms with Crippen LogP contribution >= 0.6 is 11.3 Å². The molecule has 2 N–H and O–H groups in total. The van der Waals surface area contributed by atoms with Crippen LogP contribution in [0.5, 0.6) is 0 Å². The first-order valence-electron chi connectivity index (χ1n) is 6.72. The molecule has 0 bridgehead atoms. The number of aromatic nitrogens is 3. The zero-order valence-corrected chi connectivity index (χ0v) is 13.6. The molecular weight excluding hydrogens is 324 g/mol. The number of nitrogens with two attached hydrogens (primary N) is 1. The summed E-state index contributed by atoms with van der Waals surface area (Å²) in [5.74, 6) is 1.66. The van der Waals surface area contributed by atoms with Crippen LogP contribution in [0.3, 0.4) is 0 Å². The lowest BCUT2D eigenvalue weighted by Gasteiger charge is -2.35. The second kappa shape index (κ2) is 5.78. The summed E-state index contributed by atoms with van der Waals surface area (Å²) < 4.78 is 22.7. The number of thiazole rings is 1. The fourth-order valence-corrected chi connectivity index (χ4v) is 3.87. The van der Waals surface area contributed by atoms with E-state index in [-0.39, 0.29) is 4.21 Å². The van der Waals surface area contributed by atoms with Crippen molar-refractivity contribution in [2.24, 2.45) is 5.14 Å². The van der Waals surface area contributed by atoms with Crippen LogP contribution in [0.2, 0.25) is 0 Å². The highest BCUT2D eigenvalue weighted by molar-refractivity contribution is 7.91. The third-order valence-corrected chi connectivity index (χ3v) is 5.85. The van der Waals surface area contributed by atoms with Gasteiger partial charge in [-0.1, -0.05) is 11.3 Å². The first-order valence-corrected chi connectivity index (χ1v) is 9.08. The van der Waals surface area contributed by atoms with E-state index in [1.807, 2.05) is 13.0 Å². The Morgan fingerprint density at radius 3 is 2.45 bits per heavy atom. The molecule has 1 saturated heterocycles. The molecule has 0 radical (unpaired) electrons. The zero-order chi connectivity index (χ0) is 15.7. The third kappa shape index (κ3) is 3.18. The summed E-state index contributed by atoms with van der Waals surface area (Å²) in [6.07, 6.45) is 3.07. The molecule has 8 nitrogen and oxygen atoms in total. The smallest absolute Gasteiger partial charge is 0.249 e. The van der Waals surface area contributed by atoms with E-state index in [2.05, 4.69) is 24.8 Å². The Morgan fingerprint density at radius 1 is 1.18 bits per heavy atom. The van der Waals surface area contributed by atoms with Gasteiger partial charge in [0.25, 0.3) is 0 Å². The van der Waals surface area contributed by atoms with Gasteiger partial charge >= 0.3 is 0 Å². The van der Waals surface area contributed by atoms with E-state index in [0.717, 1.165) is 49.2 Å². The van der Waals surface area contributed by atoms with Crippen molar-refractivity contribution in [3.05, 3.63) is 24.3 Å². The van der Waals surface area contributed by atoms with Gasteiger partial charge in [0, 0.05) is 32.4 Å². The lowest BCUT2D eigenvalue weighted by atomic mass is 10.3. The van der Waals surface area contributed by atoms with Crippen LogP contribution in [0, 0.1) is 6.92 Å². The molecule has 0 saturated carbocycles. The summed E-state index contributed by atoms with van der Waals surface area (Å²) >= 11 is 1.10. The van der Waals surface area contributed by atoms with E-state index >= 15 is 0 Å². The molecule has 1 aliphatic heterocycles. The maximum atomic E-state index is 11.3. The fraction of sp³-hybridized carbons (Fsp3) is 0.417. The molecule has 3 rings (SSSR count). The Hall–Kier alpha value is -1.78. The summed E-state index contributed by atoms with van der Waals surface area (Å²) in [6, 6.07) is 1.89. The first-order chi connectivity index (χ1) is 10.4. The lowest BCUT2D eigenvalue weighted by Crippen LogP contribution is -2.46. The van der Waals surface area contributed by atoms with E-state index in [0.29, 0.717) is 5.13 Å². The molecule has 0 aromatic carbocycles. The van der Waals surface area contributed by atoms with Gasteiger partial charge in [-0.05, 0) is 13.0 Å². The molecule has 22 heavy (non-hydrogen) atoms. The second-order valence-corrected chi connectivity index (χ2v) is 7.74. The van der Waals surface area contributed by atoms with Crippen molar-refractivity contribution in [1.82, 2.24) is 15.0 Å². The summed E-state index contributed by atoms with van der Waals surface area (Å²) in [4.78, 5) is 16.9. The van der Waals surface area contributed by atoms with Crippen molar-refractivity contribution in [3.8, 4) is 0 Å². The Labute approximate surface area is 132 Å². The molecule has 0 amide bonds. The third-order valence-electron chi connectivity index (χ3n) is 3.39. The molecule has 0 spiro atoms. The topological polar surface area (TPSA) is 105 Å². The van der Waals surface area contributed by atoms with Crippen molar-refractivity contribution < 1.29 is 8.42 Å². The predicted octanol–water partition coefficient (Wildman–Crippen LogP) is 0.216. The highest BCUT2D eigenvalue weighted by atomic mass is 32.2. The molecule has 3 heterocycles. The SMILES string of the molecule is Cc1nccc(N2CCN(c3ncc(S(N)(=O)=O)s3)CC2)n1. The minimum Gasteiger partial charge on any atom is -0.353 e. The van der Waals surface area contributed by atoms with Crippen molar-refractivity contribution in [2.75, 3.05) is 36.0 Å². The van der Waals surface area contributed by atoms with Gasteiger partial charge in [0.15, 0.2) is 9.34 Å². The normalized spacial score (nSPS) is 16.1. The number of nitrogens with zero attached hydrogens (tertiary/aromatic N) is 5. The van der Waals surface area contributed by atoms with Crippen LogP contribution in [0.25, 0.3) is 0 Å². The van der Waals surface area contributed by atoms with Crippen molar-refractivity contribution in [2.45, 2.75) is 11.1 Å². The minimum atomic E-state index is -3.68. The molecule has 1 fully saturated rings. The molecule has 2 aromatic heterocycles. The van der Waals surface area contributed by atoms with Crippen molar-refractivity contribution in [1.29, 1.82) is 0 Å². The highest BCUT2D eigenvalue weighted by Crippen LogP contribution is 2.26. The summed E-state index contributed by atoms with van der Waals surface area (Å²) in [5, 5.41) is 5.80. The van der Waals surface area contributed by atoms with Crippen LogP contribution in [-0.2, 0) is 10.0 Å². The molecule has 0 aliphatic carbocycles. The summed E-state index contributed by atoms with van der Waals surface area (Å²) in [5.41, 5.74) is 0. The Bertz CT molecular complexity index is 767. The second-order valence-electron chi connectivity index (χ2n) is 4.94. The van der Waals surface area contributed by atoms with E-state index in [1.165, 1.54) is 6.20 Å². The number of piperazine rings is 1. The average molecular weight is 340 g/mol. The highest BCUT2D eigenvalue weighted by Gasteiger charge is 2.22. The van der Waals surface area contributed by atoms with Gasteiger partial charge < -0.3 is 9.80 Å². The first kappa shape index (κ1) is 15.1. The van der Waals surface area contributed by atoms with Gasteiger partial charge in [-0.2, -0.15) is 0 Å². The predicted molar refractivity (Wildman–Crippen MR) is 84.7 cm³/mol. The number of anilines is 2. The van der Waals surface area contributed by atoms with Gasteiger partial charge in [0.1, 0.15) is 11.6 Å². The minimum absolute atomic E-state index is 0.0938. The largest absolute Gasteiger partial charge is 0.353 e. The number of primary sulfonamides is 1. The van der Waals surface area contributed by atoms with Gasteiger partial charge in [-0.3, -0.25) is 0 Å². The monoisotopic (exact) mass is 340 g/mol. The maximum Gasteiger partial charge on any atom is 0.249 e. The number of hydrogen-bond donors (Lipinski definition) is 1. The summed E-state index contributed by atoms with van der Waals surface area (Å²) in [7, 11) is -3.68. The van der Waals surface area contributed by atoms with Gasteiger partial charge in [-0.15, -0.1) is 0 Å². The van der Waals surface area contributed by atoms with Crippen LogP contribution in [0.1, 0.15) is 5.82 Å². The van der Waals surface area contributed by atoms with Gasteiger partial charge in [0.05, 0.1) is 6.20 Å². The number of sulfonamides is 1. The molecule has 0 atom stereocenters. The van der Waals surface area contributed by atoms with Crippen LogP contribution in [0.15, 0.2) is 22.7 Å². The van der Waals surface area contributed by atoms with Crippen LogP contribution in [-0.4, -0.2) is 49.5 Å². The van der Waals surface area contributed by atoms with Crippen LogP contribution in [0.4, 0.5) is 10.9 Å². The lowest BCUT2D eigenvalue weighted by molar-refractivity contribution is 0.599. The number of aryl methyl sites for hydroxylation is 1. The van der Waals surface area contributed by atoms with E-state index in [9.17, 15) is 8.42 Å². The maximum absolute atomic E-state index is 11.3. The van der Waals surface area contributed by atoms with Crippen LogP contribution < -0.4 is 14.9 Å². The molecular formula is C12H16N6O2S2. The molecule has 1 aliphatic rings. The van der Waals surface area contributed by atoms with E-state index in [1.54, 1.807) is 6.20 Å². The Morgan fingerprint density at radius 2 is 1.86 bits per heavy atom. The number of rotatable bonds is 3. The Kier molecular flexibility index (Phi) is 3.98. The average Bonchev–Trinajstić information content (AvgIpc) is 2.97. The quantitative estimate of drug-likeness (QED) is 0.851. The fourth-order valence-electron chi connectivity index (χ4n) is 2.28. The summed E-state index contributed by atoms with van der Waals surface area (Å²) in [6.45, 7) is 4.95. The van der Waals surface area contributed by atoms with Crippen molar-refractivity contribution >= 4 is 32.3 Å². The molecule has 118 valence electrons.